The summed E-state index contributed by atoms with van der Waals surface area (Å²) in [6.07, 6.45) is 5.73. The zero-order chi connectivity index (χ0) is 12.3. The average molecular weight is 300 g/mol. The van der Waals surface area contributed by atoms with Crippen LogP contribution in [-0.4, -0.2) is 28.5 Å². The Balaban J connectivity index is 2.13. The molecule has 0 bridgehead atoms. The molecule has 0 spiro atoms. The number of rotatable bonds is 4. The molecule has 2 aliphatic rings. The lowest BCUT2D eigenvalue weighted by Gasteiger charge is -2.34. The minimum absolute atomic E-state index is 0.202. The first-order chi connectivity index (χ1) is 8.24. The number of nitrogens with zero attached hydrogens (tertiary/aromatic N) is 1. The van der Waals surface area contributed by atoms with Gasteiger partial charge in [-0.1, -0.05) is 15.9 Å². The summed E-state index contributed by atoms with van der Waals surface area (Å²) >= 11 is 3.40. The molecule has 2 rings (SSSR count). The Hall–Kier alpha value is -0.640. The number of alkyl halides is 1. The van der Waals surface area contributed by atoms with E-state index in [4.69, 9.17) is 0 Å². The van der Waals surface area contributed by atoms with Crippen molar-refractivity contribution in [1.29, 1.82) is 0 Å². The van der Waals surface area contributed by atoms with E-state index in [-0.39, 0.29) is 11.7 Å². The molecule has 1 aliphatic heterocycles. The van der Waals surface area contributed by atoms with Gasteiger partial charge in [-0.05, 0) is 32.1 Å². The Bertz CT molecular complexity index is 362. The van der Waals surface area contributed by atoms with Gasteiger partial charge in [-0.3, -0.25) is 9.59 Å². The molecule has 0 aromatic rings. The van der Waals surface area contributed by atoms with E-state index in [1.165, 1.54) is 0 Å². The van der Waals surface area contributed by atoms with Crippen LogP contribution in [0.1, 0.15) is 44.9 Å². The van der Waals surface area contributed by atoms with E-state index in [1.54, 1.807) is 0 Å². The summed E-state index contributed by atoms with van der Waals surface area (Å²) < 4.78 is 0. The minimum Gasteiger partial charge on any atom is -0.316 e. The van der Waals surface area contributed by atoms with Gasteiger partial charge in [-0.2, -0.15) is 0 Å². The topological polar surface area (TPSA) is 37.4 Å². The van der Waals surface area contributed by atoms with E-state index in [0.29, 0.717) is 19.3 Å². The number of Topliss-reactive ketones (excluding diaryl/α,β-unsaturated/α-hetero) is 1. The van der Waals surface area contributed by atoms with E-state index in [2.05, 4.69) is 15.9 Å². The zero-order valence-electron chi connectivity index (χ0n) is 10.0. The van der Waals surface area contributed by atoms with Crippen molar-refractivity contribution < 1.29 is 9.59 Å². The Morgan fingerprint density at radius 1 is 1.06 bits per heavy atom. The van der Waals surface area contributed by atoms with Crippen molar-refractivity contribution >= 4 is 27.6 Å². The minimum atomic E-state index is 0.202. The van der Waals surface area contributed by atoms with Crippen LogP contribution in [0.5, 0.6) is 0 Å². The Labute approximate surface area is 110 Å². The van der Waals surface area contributed by atoms with Crippen molar-refractivity contribution in [2.24, 2.45) is 0 Å². The van der Waals surface area contributed by atoms with Crippen LogP contribution in [0, 0.1) is 0 Å². The Kier molecular flexibility index (Phi) is 4.37. The maximum Gasteiger partial charge on any atom is 0.227 e. The fourth-order valence-corrected chi connectivity index (χ4v) is 3.00. The third-order valence-electron chi connectivity index (χ3n) is 3.48. The molecule has 0 fully saturated rings. The van der Waals surface area contributed by atoms with E-state index < -0.39 is 0 Å². The molecule has 4 heteroatoms. The summed E-state index contributed by atoms with van der Waals surface area (Å²) in [6.45, 7) is 0.774. The molecule has 0 saturated heterocycles. The van der Waals surface area contributed by atoms with Gasteiger partial charge in [0, 0.05) is 36.0 Å². The monoisotopic (exact) mass is 299 g/mol. The highest BCUT2D eigenvalue weighted by Gasteiger charge is 2.31. The third kappa shape index (κ3) is 2.79. The molecular weight excluding hydrogens is 282 g/mol. The number of carbonyl (C=O) groups excluding carboxylic acids is 2. The van der Waals surface area contributed by atoms with Crippen molar-refractivity contribution in [3.8, 4) is 0 Å². The van der Waals surface area contributed by atoms with Crippen LogP contribution >= 0.6 is 15.9 Å². The van der Waals surface area contributed by atoms with E-state index >= 15 is 0 Å². The van der Waals surface area contributed by atoms with E-state index in [0.717, 1.165) is 48.8 Å². The Morgan fingerprint density at radius 3 is 2.65 bits per heavy atom. The summed E-state index contributed by atoms with van der Waals surface area (Å²) in [6, 6.07) is 0. The molecule has 0 aromatic heterocycles. The van der Waals surface area contributed by atoms with Crippen molar-refractivity contribution in [2.75, 3.05) is 11.9 Å². The number of hydrogen-bond donors (Lipinski definition) is 0. The number of halogens is 1. The van der Waals surface area contributed by atoms with E-state index in [9.17, 15) is 9.59 Å². The van der Waals surface area contributed by atoms with Crippen molar-refractivity contribution in [1.82, 2.24) is 4.90 Å². The van der Waals surface area contributed by atoms with Crippen LogP contribution in [0.15, 0.2) is 11.3 Å². The lowest BCUT2D eigenvalue weighted by molar-refractivity contribution is -0.130. The third-order valence-corrected chi connectivity index (χ3v) is 4.04. The number of allylic oxidation sites excluding steroid dienone is 2. The molecule has 17 heavy (non-hydrogen) atoms. The zero-order valence-corrected chi connectivity index (χ0v) is 11.6. The van der Waals surface area contributed by atoms with Gasteiger partial charge in [0.1, 0.15) is 0 Å². The molecule has 3 nitrogen and oxygen atoms in total. The van der Waals surface area contributed by atoms with Gasteiger partial charge in [0.2, 0.25) is 5.91 Å². The normalized spacial score (nSPS) is 20.9. The van der Waals surface area contributed by atoms with Crippen LogP contribution < -0.4 is 0 Å². The van der Waals surface area contributed by atoms with Crippen molar-refractivity contribution in [3.63, 3.8) is 0 Å². The highest BCUT2D eigenvalue weighted by molar-refractivity contribution is 9.09. The van der Waals surface area contributed by atoms with Gasteiger partial charge in [0.25, 0.3) is 0 Å². The second-order valence-corrected chi connectivity index (χ2v) is 5.44. The van der Waals surface area contributed by atoms with Crippen LogP contribution in [0.25, 0.3) is 0 Å². The second-order valence-electron chi connectivity index (χ2n) is 4.64. The maximum atomic E-state index is 11.9. The van der Waals surface area contributed by atoms with Gasteiger partial charge >= 0.3 is 0 Å². The predicted molar refractivity (Wildman–Crippen MR) is 69.9 cm³/mol. The van der Waals surface area contributed by atoms with Gasteiger partial charge < -0.3 is 4.90 Å². The molecular formula is C13H18BrNO2. The summed E-state index contributed by atoms with van der Waals surface area (Å²) in [7, 11) is 0. The lowest BCUT2D eigenvalue weighted by atomic mass is 9.88. The fourth-order valence-electron chi connectivity index (χ4n) is 2.60. The largest absolute Gasteiger partial charge is 0.316 e. The first-order valence-corrected chi connectivity index (χ1v) is 7.47. The van der Waals surface area contributed by atoms with Crippen molar-refractivity contribution in [3.05, 3.63) is 11.3 Å². The molecule has 1 amide bonds. The Morgan fingerprint density at radius 2 is 1.88 bits per heavy atom. The van der Waals surface area contributed by atoms with E-state index in [1.807, 2.05) is 4.90 Å². The number of ketones is 1. The molecule has 0 saturated carbocycles. The maximum absolute atomic E-state index is 11.9. The summed E-state index contributed by atoms with van der Waals surface area (Å²) in [5.41, 5.74) is 1.97. The van der Waals surface area contributed by atoms with Crippen molar-refractivity contribution in [2.45, 2.75) is 44.9 Å². The molecule has 94 valence electrons. The number of carbonyl (C=O) groups is 2. The van der Waals surface area contributed by atoms with Crippen LogP contribution in [0.2, 0.25) is 0 Å². The fraction of sp³-hybridized carbons (Fsp3) is 0.692. The van der Waals surface area contributed by atoms with Crippen LogP contribution in [0.3, 0.4) is 0 Å². The van der Waals surface area contributed by atoms with Crippen LogP contribution in [0.4, 0.5) is 0 Å². The second kappa shape index (κ2) is 5.80. The molecule has 1 heterocycles. The lowest BCUT2D eigenvalue weighted by Crippen LogP contribution is -2.37. The highest BCUT2D eigenvalue weighted by Crippen LogP contribution is 2.32. The standard InChI is InChI=1S/C13H18BrNO2/c14-8-1-2-9-15-11-4-3-5-12(16)10(11)6-7-13(15)17/h1-9H2. The number of hydrogen-bond acceptors (Lipinski definition) is 2. The molecule has 0 aromatic carbocycles. The molecule has 1 aliphatic carbocycles. The highest BCUT2D eigenvalue weighted by atomic mass is 79.9. The van der Waals surface area contributed by atoms with Gasteiger partial charge in [0.05, 0.1) is 0 Å². The van der Waals surface area contributed by atoms with Gasteiger partial charge in [-0.15, -0.1) is 0 Å². The summed E-state index contributed by atoms with van der Waals surface area (Å²) in [5.74, 6) is 0.470. The SMILES string of the molecule is O=C1CCCC2=C1CCC(=O)N2CCCCBr. The molecule has 0 radical (unpaired) electrons. The quantitative estimate of drug-likeness (QED) is 0.591. The summed E-state index contributed by atoms with van der Waals surface area (Å²) in [4.78, 5) is 25.6. The molecule has 0 N–H and O–H groups in total. The first kappa shape index (κ1) is 12.8. The number of amides is 1. The predicted octanol–water partition coefficient (Wildman–Crippen LogP) is 2.79. The summed E-state index contributed by atoms with van der Waals surface area (Å²) in [5, 5.41) is 0.972. The van der Waals surface area contributed by atoms with Gasteiger partial charge in [0.15, 0.2) is 5.78 Å². The molecule has 0 unspecified atom stereocenters. The van der Waals surface area contributed by atoms with Gasteiger partial charge in [-0.25, -0.2) is 0 Å². The van der Waals surface area contributed by atoms with Crippen LogP contribution in [-0.2, 0) is 9.59 Å². The average Bonchev–Trinajstić information content (AvgIpc) is 2.32. The first-order valence-electron chi connectivity index (χ1n) is 6.35. The number of unbranched alkanes of at least 4 members (excludes halogenated alkanes) is 1. The molecule has 0 atom stereocenters. The smallest absolute Gasteiger partial charge is 0.227 e.